The predicted octanol–water partition coefficient (Wildman–Crippen LogP) is 2.95. The maximum absolute atomic E-state index is 12.8. The summed E-state index contributed by atoms with van der Waals surface area (Å²) >= 11 is 0. The average molecular weight is 340 g/mol. The van der Waals surface area contributed by atoms with Crippen molar-refractivity contribution in [3.63, 3.8) is 0 Å². The Labute approximate surface area is 148 Å². The van der Waals surface area contributed by atoms with Crippen molar-refractivity contribution in [3.05, 3.63) is 58.8 Å². The zero-order valence-corrected chi connectivity index (χ0v) is 14.8. The smallest absolute Gasteiger partial charge is 0.252 e. The molecule has 5 nitrogen and oxygen atoms in total. The number of ether oxygens (including phenoxy) is 1. The number of carbonyl (C=O) groups is 1. The summed E-state index contributed by atoms with van der Waals surface area (Å²) in [6, 6.07) is 9.35. The van der Waals surface area contributed by atoms with Gasteiger partial charge in [0.1, 0.15) is 0 Å². The minimum absolute atomic E-state index is 0.0975. The van der Waals surface area contributed by atoms with Crippen LogP contribution in [0.3, 0.4) is 0 Å². The molecule has 1 unspecified atom stereocenters. The molecule has 0 saturated heterocycles. The van der Waals surface area contributed by atoms with Gasteiger partial charge in [0.05, 0.1) is 19.3 Å². The van der Waals surface area contributed by atoms with Crippen LogP contribution >= 0.6 is 0 Å². The SMILES string of the molecule is COc1ccc(C(NC(=O)c2ccc(C)cc2C)C2CC(O)C2)cn1. The first kappa shape index (κ1) is 17.4. The summed E-state index contributed by atoms with van der Waals surface area (Å²) in [4.78, 5) is 17.0. The molecule has 0 radical (unpaired) electrons. The van der Waals surface area contributed by atoms with Gasteiger partial charge < -0.3 is 15.2 Å². The Morgan fingerprint density at radius 1 is 1.28 bits per heavy atom. The van der Waals surface area contributed by atoms with E-state index in [1.807, 2.05) is 38.1 Å². The van der Waals surface area contributed by atoms with Crippen LogP contribution in [0.4, 0.5) is 0 Å². The monoisotopic (exact) mass is 340 g/mol. The van der Waals surface area contributed by atoms with Gasteiger partial charge in [0.25, 0.3) is 5.91 Å². The molecule has 1 saturated carbocycles. The first-order valence-corrected chi connectivity index (χ1v) is 8.54. The van der Waals surface area contributed by atoms with Gasteiger partial charge in [-0.3, -0.25) is 4.79 Å². The average Bonchev–Trinajstić information content (AvgIpc) is 2.57. The molecule has 1 heterocycles. The molecule has 2 N–H and O–H groups in total. The Morgan fingerprint density at radius 3 is 2.60 bits per heavy atom. The van der Waals surface area contributed by atoms with Gasteiger partial charge in [0.15, 0.2) is 0 Å². The quantitative estimate of drug-likeness (QED) is 0.878. The zero-order valence-electron chi connectivity index (χ0n) is 14.8. The third-order valence-electron chi connectivity index (χ3n) is 4.86. The van der Waals surface area contributed by atoms with Crippen molar-refractivity contribution in [1.29, 1.82) is 0 Å². The lowest BCUT2D eigenvalue weighted by molar-refractivity contribution is 0.0234. The van der Waals surface area contributed by atoms with E-state index in [-0.39, 0.29) is 24.0 Å². The van der Waals surface area contributed by atoms with Crippen LogP contribution in [0.25, 0.3) is 0 Å². The second-order valence-electron chi connectivity index (χ2n) is 6.79. The highest BCUT2D eigenvalue weighted by Crippen LogP contribution is 2.38. The molecule has 1 aromatic carbocycles. The summed E-state index contributed by atoms with van der Waals surface area (Å²) in [5.41, 5.74) is 3.69. The Hall–Kier alpha value is -2.40. The fourth-order valence-electron chi connectivity index (χ4n) is 3.36. The Bertz CT molecular complexity index is 752. The number of hydrogen-bond donors (Lipinski definition) is 2. The van der Waals surface area contributed by atoms with Crippen molar-refractivity contribution in [3.8, 4) is 5.88 Å². The highest BCUT2D eigenvalue weighted by Gasteiger charge is 2.36. The van der Waals surface area contributed by atoms with E-state index in [1.165, 1.54) is 0 Å². The minimum atomic E-state index is -0.281. The van der Waals surface area contributed by atoms with Crippen molar-refractivity contribution in [2.24, 2.45) is 5.92 Å². The van der Waals surface area contributed by atoms with Gasteiger partial charge in [-0.15, -0.1) is 0 Å². The van der Waals surface area contributed by atoms with Crippen molar-refractivity contribution < 1.29 is 14.6 Å². The van der Waals surface area contributed by atoms with Crippen LogP contribution in [-0.2, 0) is 0 Å². The number of methoxy groups -OCH3 is 1. The number of rotatable bonds is 5. The maximum Gasteiger partial charge on any atom is 0.252 e. The van der Waals surface area contributed by atoms with Crippen LogP contribution in [0.2, 0.25) is 0 Å². The highest BCUT2D eigenvalue weighted by atomic mass is 16.5. The van der Waals surface area contributed by atoms with Gasteiger partial charge in [0, 0.05) is 17.8 Å². The van der Waals surface area contributed by atoms with Gasteiger partial charge in [-0.25, -0.2) is 4.98 Å². The lowest BCUT2D eigenvalue weighted by Crippen LogP contribution is -2.41. The topological polar surface area (TPSA) is 71.5 Å². The Balaban J connectivity index is 1.83. The number of pyridine rings is 1. The highest BCUT2D eigenvalue weighted by molar-refractivity contribution is 5.96. The second kappa shape index (κ2) is 7.23. The first-order chi connectivity index (χ1) is 12.0. The number of aliphatic hydroxyl groups excluding tert-OH is 1. The van der Waals surface area contributed by atoms with Crippen molar-refractivity contribution >= 4 is 5.91 Å². The summed E-state index contributed by atoms with van der Waals surface area (Å²) < 4.78 is 5.11. The van der Waals surface area contributed by atoms with Crippen molar-refractivity contribution in [2.75, 3.05) is 7.11 Å². The molecule has 0 aliphatic heterocycles. The first-order valence-electron chi connectivity index (χ1n) is 8.54. The van der Waals surface area contributed by atoms with E-state index < -0.39 is 0 Å². The van der Waals surface area contributed by atoms with Crippen LogP contribution in [0.5, 0.6) is 5.88 Å². The molecule has 5 heteroatoms. The fourth-order valence-corrected chi connectivity index (χ4v) is 3.36. The molecular weight excluding hydrogens is 316 g/mol. The van der Waals surface area contributed by atoms with E-state index in [1.54, 1.807) is 19.4 Å². The third-order valence-corrected chi connectivity index (χ3v) is 4.86. The fraction of sp³-hybridized carbons (Fsp3) is 0.400. The minimum Gasteiger partial charge on any atom is -0.481 e. The lowest BCUT2D eigenvalue weighted by atomic mass is 9.75. The summed E-state index contributed by atoms with van der Waals surface area (Å²) in [5, 5.41) is 12.8. The number of carbonyl (C=O) groups excluding carboxylic acids is 1. The molecule has 1 aliphatic carbocycles. The molecule has 25 heavy (non-hydrogen) atoms. The normalized spacial score (nSPS) is 20.5. The molecule has 2 aromatic rings. The third kappa shape index (κ3) is 3.82. The molecular formula is C20H24N2O3. The Kier molecular flexibility index (Phi) is 5.04. The molecule has 3 rings (SSSR count). The zero-order chi connectivity index (χ0) is 18.0. The van der Waals surface area contributed by atoms with Gasteiger partial charge >= 0.3 is 0 Å². The molecule has 1 fully saturated rings. The van der Waals surface area contributed by atoms with E-state index in [9.17, 15) is 9.90 Å². The number of aromatic nitrogens is 1. The summed E-state index contributed by atoms with van der Waals surface area (Å²) in [5.74, 6) is 0.649. The summed E-state index contributed by atoms with van der Waals surface area (Å²) in [6.07, 6.45) is 2.82. The summed E-state index contributed by atoms with van der Waals surface area (Å²) in [6.45, 7) is 3.95. The predicted molar refractivity (Wildman–Crippen MR) is 95.6 cm³/mol. The number of aryl methyl sites for hydroxylation is 2. The molecule has 132 valence electrons. The van der Waals surface area contributed by atoms with E-state index in [0.29, 0.717) is 24.3 Å². The van der Waals surface area contributed by atoms with Crippen LogP contribution in [-0.4, -0.2) is 29.2 Å². The van der Waals surface area contributed by atoms with Crippen LogP contribution < -0.4 is 10.1 Å². The number of nitrogens with one attached hydrogen (secondary N) is 1. The number of aliphatic hydroxyl groups is 1. The standard InChI is InChI=1S/C20H24N2O3/c1-12-4-6-17(13(2)8-12)20(24)22-19(15-9-16(23)10-15)14-5-7-18(25-3)21-11-14/h4-8,11,15-16,19,23H,9-10H2,1-3H3,(H,22,24). The van der Waals surface area contributed by atoms with Gasteiger partial charge in [-0.05, 0) is 49.8 Å². The molecule has 1 aromatic heterocycles. The number of amides is 1. The van der Waals surface area contributed by atoms with Crippen molar-refractivity contribution in [1.82, 2.24) is 10.3 Å². The number of hydrogen-bond acceptors (Lipinski definition) is 4. The van der Waals surface area contributed by atoms with Gasteiger partial charge in [-0.1, -0.05) is 23.8 Å². The lowest BCUT2D eigenvalue weighted by Gasteiger charge is -2.38. The van der Waals surface area contributed by atoms with Gasteiger partial charge in [0.2, 0.25) is 5.88 Å². The largest absolute Gasteiger partial charge is 0.481 e. The molecule has 1 atom stereocenters. The van der Waals surface area contributed by atoms with Gasteiger partial charge in [-0.2, -0.15) is 0 Å². The van der Waals surface area contributed by atoms with Crippen LogP contribution in [0.15, 0.2) is 36.5 Å². The maximum atomic E-state index is 12.8. The molecule has 1 aliphatic rings. The van der Waals surface area contributed by atoms with E-state index >= 15 is 0 Å². The van der Waals surface area contributed by atoms with E-state index in [4.69, 9.17) is 4.74 Å². The molecule has 1 amide bonds. The number of benzene rings is 1. The van der Waals surface area contributed by atoms with E-state index in [0.717, 1.165) is 16.7 Å². The van der Waals surface area contributed by atoms with Crippen LogP contribution in [0.1, 0.15) is 45.9 Å². The molecule has 0 bridgehead atoms. The Morgan fingerprint density at radius 2 is 2.04 bits per heavy atom. The molecule has 0 spiro atoms. The second-order valence-corrected chi connectivity index (χ2v) is 6.79. The van der Waals surface area contributed by atoms with Crippen LogP contribution in [0, 0.1) is 19.8 Å². The number of nitrogens with zero attached hydrogens (tertiary/aromatic N) is 1. The van der Waals surface area contributed by atoms with Crippen molar-refractivity contribution in [2.45, 2.75) is 38.8 Å². The summed E-state index contributed by atoms with van der Waals surface area (Å²) in [7, 11) is 1.57. The van der Waals surface area contributed by atoms with E-state index in [2.05, 4.69) is 10.3 Å².